The van der Waals surface area contributed by atoms with Crippen molar-refractivity contribution in [1.82, 2.24) is 25.0 Å². The third-order valence-electron chi connectivity index (χ3n) is 4.09. The fraction of sp³-hybridized carbons (Fsp3) is 0.467. The summed E-state index contributed by atoms with van der Waals surface area (Å²) in [6, 6.07) is 2.62. The van der Waals surface area contributed by atoms with Gasteiger partial charge in [-0.1, -0.05) is 11.5 Å². The van der Waals surface area contributed by atoms with Crippen molar-refractivity contribution < 1.29 is 4.42 Å². The quantitative estimate of drug-likeness (QED) is 0.741. The lowest BCUT2D eigenvalue weighted by molar-refractivity contribution is 0.580. The summed E-state index contributed by atoms with van der Waals surface area (Å²) in [4.78, 5) is 2.54. The number of hydrogen-bond donors (Lipinski definition) is 1. The first-order valence-corrected chi connectivity index (χ1v) is 8.63. The molecule has 120 valence electrons. The Balaban J connectivity index is 1.48. The maximum absolute atomic E-state index is 5.74. The molecule has 0 unspecified atom stereocenters. The second kappa shape index (κ2) is 6.11. The minimum Gasteiger partial charge on any atom is -0.403 e. The highest BCUT2D eigenvalue weighted by Gasteiger charge is 2.17. The van der Waals surface area contributed by atoms with Crippen LogP contribution in [0.3, 0.4) is 0 Å². The van der Waals surface area contributed by atoms with Gasteiger partial charge in [-0.2, -0.15) is 0 Å². The normalized spacial score (nSPS) is 14.5. The van der Waals surface area contributed by atoms with Gasteiger partial charge < -0.3 is 14.3 Å². The van der Waals surface area contributed by atoms with Gasteiger partial charge in [-0.05, 0) is 37.3 Å². The summed E-state index contributed by atoms with van der Waals surface area (Å²) < 4.78 is 7.58. The van der Waals surface area contributed by atoms with Gasteiger partial charge in [-0.3, -0.25) is 0 Å². The molecule has 3 heterocycles. The topological polar surface area (TPSA) is 81.7 Å². The molecule has 3 aromatic rings. The van der Waals surface area contributed by atoms with Gasteiger partial charge in [0.05, 0.1) is 11.4 Å². The lowest BCUT2D eigenvalue weighted by Gasteiger charge is -1.99. The average molecular weight is 330 g/mol. The number of aromatic nitrogens is 5. The van der Waals surface area contributed by atoms with E-state index in [-0.39, 0.29) is 0 Å². The van der Waals surface area contributed by atoms with Crippen molar-refractivity contribution in [2.75, 3.05) is 5.32 Å². The van der Waals surface area contributed by atoms with Crippen molar-refractivity contribution in [2.24, 2.45) is 7.05 Å². The maximum atomic E-state index is 5.74. The van der Waals surface area contributed by atoms with E-state index in [1.807, 2.05) is 11.6 Å². The van der Waals surface area contributed by atoms with E-state index in [9.17, 15) is 0 Å². The summed E-state index contributed by atoms with van der Waals surface area (Å²) in [5.41, 5.74) is 1.45. The predicted octanol–water partition coefficient (Wildman–Crippen LogP) is 2.81. The van der Waals surface area contributed by atoms with Gasteiger partial charge in [-0.15, -0.1) is 26.6 Å². The summed E-state index contributed by atoms with van der Waals surface area (Å²) in [5.74, 6) is 1.40. The van der Waals surface area contributed by atoms with Gasteiger partial charge in [-0.25, -0.2) is 0 Å². The molecule has 0 aliphatic heterocycles. The second-order valence-corrected chi connectivity index (χ2v) is 6.88. The number of nitrogens with one attached hydrogen (secondary N) is 1. The van der Waals surface area contributed by atoms with Crippen LogP contribution in [0.1, 0.15) is 35.5 Å². The highest BCUT2D eigenvalue weighted by atomic mass is 32.1. The Kier molecular flexibility index (Phi) is 3.82. The smallest absolute Gasteiger partial charge is 0.316 e. The molecule has 0 atom stereocenters. The molecule has 3 aromatic heterocycles. The molecule has 4 rings (SSSR count). The fourth-order valence-corrected chi connectivity index (χ4v) is 3.96. The van der Waals surface area contributed by atoms with Crippen molar-refractivity contribution in [3.63, 3.8) is 0 Å². The van der Waals surface area contributed by atoms with Crippen molar-refractivity contribution in [3.8, 4) is 10.8 Å². The monoisotopic (exact) mass is 330 g/mol. The summed E-state index contributed by atoms with van der Waals surface area (Å²) in [6.07, 6.45) is 7.88. The van der Waals surface area contributed by atoms with E-state index in [0.29, 0.717) is 18.5 Å². The molecular weight excluding hydrogens is 312 g/mol. The van der Waals surface area contributed by atoms with E-state index in [1.54, 1.807) is 17.7 Å². The van der Waals surface area contributed by atoms with Gasteiger partial charge in [0.15, 0.2) is 5.82 Å². The van der Waals surface area contributed by atoms with Crippen molar-refractivity contribution in [3.05, 3.63) is 28.7 Å². The molecule has 23 heavy (non-hydrogen) atoms. The van der Waals surface area contributed by atoms with Crippen LogP contribution in [0.4, 0.5) is 6.01 Å². The summed E-state index contributed by atoms with van der Waals surface area (Å²) in [5, 5.41) is 19.2. The van der Waals surface area contributed by atoms with Gasteiger partial charge in [0.2, 0.25) is 0 Å². The average Bonchev–Trinajstić information content (AvgIpc) is 3.23. The lowest BCUT2D eigenvalue weighted by atomic mass is 10.1. The van der Waals surface area contributed by atoms with Crippen LogP contribution in [0.2, 0.25) is 0 Å². The molecule has 1 N–H and O–H groups in total. The Morgan fingerprint density at radius 2 is 2.13 bits per heavy atom. The maximum Gasteiger partial charge on any atom is 0.316 e. The zero-order valence-corrected chi connectivity index (χ0v) is 13.8. The zero-order valence-electron chi connectivity index (χ0n) is 12.9. The highest BCUT2D eigenvalue weighted by molar-refractivity contribution is 7.15. The summed E-state index contributed by atoms with van der Waals surface area (Å²) in [7, 11) is 1.90. The van der Waals surface area contributed by atoms with Crippen LogP contribution in [0.15, 0.2) is 16.8 Å². The molecule has 1 aliphatic rings. The number of nitrogens with zero attached hydrogens (tertiary/aromatic N) is 5. The van der Waals surface area contributed by atoms with Gasteiger partial charge in [0.1, 0.15) is 6.33 Å². The van der Waals surface area contributed by atoms with Crippen LogP contribution in [-0.4, -0.2) is 25.0 Å². The SMILES string of the molecule is Cn1cnnc1CNc1nnc(-c2cc3c(s2)CCCCC3)o1. The number of fused-ring (bicyclic) bond motifs is 1. The third-order valence-corrected chi connectivity index (χ3v) is 5.31. The van der Waals surface area contributed by atoms with Gasteiger partial charge >= 0.3 is 6.01 Å². The Hall–Kier alpha value is -2.22. The van der Waals surface area contributed by atoms with Crippen LogP contribution in [0.25, 0.3) is 10.8 Å². The Morgan fingerprint density at radius 3 is 3.00 bits per heavy atom. The first-order valence-electron chi connectivity index (χ1n) is 7.82. The van der Waals surface area contributed by atoms with E-state index < -0.39 is 0 Å². The molecule has 0 spiro atoms. The third kappa shape index (κ3) is 2.98. The number of hydrogen-bond acceptors (Lipinski definition) is 7. The highest BCUT2D eigenvalue weighted by Crippen LogP contribution is 2.34. The number of thiophene rings is 1. The number of rotatable bonds is 4. The molecule has 8 heteroatoms. The fourth-order valence-electron chi connectivity index (χ4n) is 2.79. The molecule has 0 amide bonds. The Labute approximate surface area is 137 Å². The van der Waals surface area contributed by atoms with Crippen LogP contribution in [0.5, 0.6) is 0 Å². The Bertz CT molecular complexity index is 781. The summed E-state index contributed by atoms with van der Waals surface area (Å²) >= 11 is 1.78. The molecule has 7 nitrogen and oxygen atoms in total. The first kappa shape index (κ1) is 14.4. The van der Waals surface area contributed by atoms with Crippen LogP contribution in [-0.2, 0) is 26.4 Å². The molecule has 0 saturated heterocycles. The van der Waals surface area contributed by atoms with E-state index in [0.717, 1.165) is 17.1 Å². The number of anilines is 1. The molecule has 0 fully saturated rings. The van der Waals surface area contributed by atoms with E-state index >= 15 is 0 Å². The van der Waals surface area contributed by atoms with E-state index in [4.69, 9.17) is 4.42 Å². The van der Waals surface area contributed by atoms with Gasteiger partial charge in [0.25, 0.3) is 5.89 Å². The first-order chi connectivity index (χ1) is 11.3. The van der Waals surface area contributed by atoms with Crippen molar-refractivity contribution in [1.29, 1.82) is 0 Å². The van der Waals surface area contributed by atoms with Crippen LogP contribution < -0.4 is 5.32 Å². The number of aryl methyl sites for hydroxylation is 3. The molecule has 0 aromatic carbocycles. The minimum absolute atomic E-state index is 0.409. The molecule has 0 bridgehead atoms. The molecule has 0 radical (unpaired) electrons. The van der Waals surface area contributed by atoms with Crippen molar-refractivity contribution >= 4 is 17.4 Å². The largest absolute Gasteiger partial charge is 0.403 e. The molecule has 1 aliphatic carbocycles. The predicted molar refractivity (Wildman–Crippen MR) is 87.2 cm³/mol. The summed E-state index contributed by atoms with van der Waals surface area (Å²) in [6.45, 7) is 0.499. The van der Waals surface area contributed by atoms with Crippen LogP contribution in [0, 0.1) is 0 Å². The lowest BCUT2D eigenvalue weighted by Crippen LogP contribution is -2.05. The van der Waals surface area contributed by atoms with Gasteiger partial charge in [0, 0.05) is 11.9 Å². The zero-order chi connectivity index (χ0) is 15.6. The van der Waals surface area contributed by atoms with E-state index in [2.05, 4.69) is 31.8 Å². The standard InChI is InChI=1S/C15H18N6OS/c1-21-9-17-18-13(21)8-16-15-20-19-14(22-15)12-7-10-5-3-2-4-6-11(10)23-12/h7,9H,2-6,8H2,1H3,(H,16,20). The molecule has 0 saturated carbocycles. The van der Waals surface area contributed by atoms with E-state index in [1.165, 1.54) is 36.1 Å². The Morgan fingerprint density at radius 1 is 1.22 bits per heavy atom. The van der Waals surface area contributed by atoms with Crippen molar-refractivity contribution in [2.45, 2.75) is 38.6 Å². The second-order valence-electron chi connectivity index (χ2n) is 5.74. The molecular formula is C15H18N6OS. The minimum atomic E-state index is 0.409. The van der Waals surface area contributed by atoms with Crippen LogP contribution >= 0.6 is 11.3 Å².